The Balaban J connectivity index is 0.000000251. The van der Waals surface area contributed by atoms with Gasteiger partial charge in [-0.15, -0.1) is 0 Å². The summed E-state index contributed by atoms with van der Waals surface area (Å²) in [6.45, 7) is 3.21. The van der Waals surface area contributed by atoms with Crippen molar-refractivity contribution in [1.82, 2.24) is 18.7 Å². The minimum Gasteiger partial charge on any atom is -0.497 e. The predicted octanol–water partition coefficient (Wildman–Crippen LogP) is 11.0. The maximum Gasteiger partial charge on any atom is 0.269 e. The van der Waals surface area contributed by atoms with E-state index in [1.54, 1.807) is 56.3 Å². The van der Waals surface area contributed by atoms with Gasteiger partial charge in [0.05, 0.1) is 20.8 Å². The van der Waals surface area contributed by atoms with Crippen LogP contribution in [0.2, 0.25) is 10.0 Å². The number of aryl methyl sites for hydroxylation is 2. The second-order valence-corrected chi connectivity index (χ2v) is 18.7. The fourth-order valence-corrected chi connectivity index (χ4v) is 10.0. The number of sulfonamides is 2. The standard InChI is InChI=1S/C24H20ClF2N3O5S2.C15H10ClF2N3O3S2.CH4/c1-14-6-16(25)8-18(7-14)35-22-10-20(27)23(11-19(22)26)37(31,32)30(24-28-13-29-36-24)12-15-4-5-17(33-2)9-21(15)34-3;1-8-2-9(16)4-10(3-8)24-13-5-12(18)14(6-11(13)17)26(22,23)21-15-19-7-20-25-15;/h4-11,13H,12H2,1-3H3;2-7H,1H3,(H,19,20,21);1H4. The zero-order chi connectivity index (χ0) is 45.6. The second-order valence-electron chi connectivity index (χ2n) is 12.8. The molecule has 7 aromatic rings. The quantitative estimate of drug-likeness (QED) is 0.102. The molecule has 2 aromatic heterocycles. The maximum absolute atomic E-state index is 15.2. The van der Waals surface area contributed by atoms with Crippen molar-refractivity contribution in [3.05, 3.63) is 142 Å². The third kappa shape index (κ3) is 11.9. The minimum atomic E-state index is -4.66. The third-order valence-corrected chi connectivity index (χ3v) is 13.3. The number of ether oxygens (including phenoxy) is 4. The molecule has 0 aliphatic carbocycles. The van der Waals surface area contributed by atoms with Gasteiger partial charge >= 0.3 is 0 Å². The Morgan fingerprint density at radius 3 is 1.69 bits per heavy atom. The van der Waals surface area contributed by atoms with Crippen LogP contribution in [0.4, 0.5) is 27.8 Å². The summed E-state index contributed by atoms with van der Waals surface area (Å²) in [5.74, 6) is -4.34. The number of methoxy groups -OCH3 is 2. The molecule has 0 fully saturated rings. The van der Waals surface area contributed by atoms with Crippen LogP contribution in [0.15, 0.2) is 101 Å². The first kappa shape index (κ1) is 49.2. The van der Waals surface area contributed by atoms with Gasteiger partial charge in [-0.2, -0.15) is 8.75 Å². The van der Waals surface area contributed by atoms with Crippen molar-refractivity contribution < 1.29 is 53.3 Å². The smallest absolute Gasteiger partial charge is 0.269 e. The fraction of sp³-hybridized carbons (Fsp3) is 0.150. The third-order valence-electron chi connectivity index (χ3n) is 8.27. The van der Waals surface area contributed by atoms with Gasteiger partial charge in [-0.1, -0.05) is 30.6 Å². The number of rotatable bonds is 14. The highest BCUT2D eigenvalue weighted by molar-refractivity contribution is 7.93. The van der Waals surface area contributed by atoms with Gasteiger partial charge in [0.25, 0.3) is 20.0 Å². The van der Waals surface area contributed by atoms with E-state index < -0.39 is 64.6 Å². The van der Waals surface area contributed by atoms with Crippen LogP contribution >= 0.6 is 46.3 Å². The Hall–Kier alpha value is -5.78. The lowest BCUT2D eigenvalue weighted by Gasteiger charge is -2.23. The summed E-state index contributed by atoms with van der Waals surface area (Å²) < 4.78 is 142. The average molecular weight is 1000 g/mol. The molecule has 0 unspecified atom stereocenters. The largest absolute Gasteiger partial charge is 0.497 e. The number of nitrogens with zero attached hydrogens (tertiary/aromatic N) is 5. The molecule has 2 heterocycles. The average Bonchev–Trinajstić information content (AvgIpc) is 3.94. The highest BCUT2D eigenvalue weighted by atomic mass is 35.5. The molecule has 0 amide bonds. The molecule has 338 valence electrons. The van der Waals surface area contributed by atoms with E-state index in [2.05, 4.69) is 18.7 Å². The zero-order valence-corrected chi connectivity index (χ0v) is 37.5. The van der Waals surface area contributed by atoms with Crippen LogP contribution in [-0.2, 0) is 26.6 Å². The first-order valence-corrected chi connectivity index (χ1v) is 22.8. The summed E-state index contributed by atoms with van der Waals surface area (Å²) >= 11 is 13.4. The Morgan fingerprint density at radius 1 is 0.641 bits per heavy atom. The maximum atomic E-state index is 15.2. The van der Waals surface area contributed by atoms with Crippen molar-refractivity contribution >= 4 is 76.6 Å². The van der Waals surface area contributed by atoms with Crippen LogP contribution in [0.1, 0.15) is 24.1 Å². The Bertz CT molecular complexity index is 2950. The molecule has 7 rings (SSSR count). The molecule has 1 N–H and O–H groups in total. The molecule has 0 saturated carbocycles. The molecule has 0 spiro atoms. The predicted molar refractivity (Wildman–Crippen MR) is 236 cm³/mol. The molecule has 14 nitrogen and oxygen atoms in total. The number of benzene rings is 5. The van der Waals surface area contributed by atoms with Crippen LogP contribution in [-0.4, -0.2) is 49.8 Å². The van der Waals surface area contributed by atoms with E-state index in [9.17, 15) is 25.6 Å². The van der Waals surface area contributed by atoms with E-state index in [-0.39, 0.29) is 35.7 Å². The molecular weight excluding hydrogens is 968 g/mol. The van der Waals surface area contributed by atoms with Gasteiger partial charge in [-0.3, -0.25) is 4.72 Å². The SMILES string of the molecule is C.COc1ccc(CN(c2ncns2)S(=O)(=O)c2cc(F)c(Oc3cc(C)cc(Cl)c3)cc2F)c(OC)c1.Cc1cc(Cl)cc(Oc2cc(F)c(S(=O)(=O)Nc3ncns3)cc2F)c1. The van der Waals surface area contributed by atoms with Gasteiger partial charge in [-0.25, -0.2) is 48.7 Å². The molecule has 0 radical (unpaired) electrons. The summed E-state index contributed by atoms with van der Waals surface area (Å²) in [4.78, 5) is 5.83. The van der Waals surface area contributed by atoms with E-state index in [0.717, 1.165) is 51.2 Å². The minimum absolute atomic E-state index is 0. The lowest BCUT2D eigenvalue weighted by atomic mass is 10.2. The normalized spacial score (nSPS) is 11.2. The van der Waals surface area contributed by atoms with Gasteiger partial charge < -0.3 is 18.9 Å². The first-order valence-electron chi connectivity index (χ1n) is 17.5. The van der Waals surface area contributed by atoms with Gasteiger partial charge in [0.1, 0.15) is 57.1 Å². The van der Waals surface area contributed by atoms with Crippen LogP contribution in [0.5, 0.6) is 34.5 Å². The first-order chi connectivity index (χ1) is 29.9. The summed E-state index contributed by atoms with van der Waals surface area (Å²) in [5, 5.41) is 0.588. The summed E-state index contributed by atoms with van der Waals surface area (Å²) in [6, 6.07) is 16.6. The van der Waals surface area contributed by atoms with Crippen molar-refractivity contribution in [2.45, 2.75) is 37.6 Å². The van der Waals surface area contributed by atoms with Gasteiger partial charge in [0.15, 0.2) is 23.1 Å². The monoisotopic (exact) mass is 1000 g/mol. The summed E-state index contributed by atoms with van der Waals surface area (Å²) in [5.41, 5.74) is 1.93. The summed E-state index contributed by atoms with van der Waals surface area (Å²) in [6.07, 6.45) is 2.29. The molecule has 24 heteroatoms. The van der Waals surface area contributed by atoms with Gasteiger partial charge in [-0.05, 0) is 73.5 Å². The van der Waals surface area contributed by atoms with Crippen LogP contribution in [0.25, 0.3) is 0 Å². The zero-order valence-electron chi connectivity index (χ0n) is 32.8. The van der Waals surface area contributed by atoms with Gasteiger partial charge in [0, 0.05) is 69.0 Å². The molecule has 0 aliphatic rings. The van der Waals surface area contributed by atoms with E-state index in [0.29, 0.717) is 51.4 Å². The van der Waals surface area contributed by atoms with Gasteiger partial charge in [0.2, 0.25) is 10.3 Å². The number of hydrogen-bond acceptors (Lipinski definition) is 14. The van der Waals surface area contributed by atoms with Crippen molar-refractivity contribution in [1.29, 1.82) is 0 Å². The molecule has 64 heavy (non-hydrogen) atoms. The Labute approximate surface area is 383 Å². The van der Waals surface area contributed by atoms with E-state index >= 15 is 8.78 Å². The molecule has 0 aliphatic heterocycles. The Kier molecular flexibility index (Phi) is 16.0. The van der Waals surface area contributed by atoms with Crippen molar-refractivity contribution in [3.63, 3.8) is 0 Å². The highest BCUT2D eigenvalue weighted by Gasteiger charge is 2.33. The van der Waals surface area contributed by atoms with Crippen molar-refractivity contribution in [3.8, 4) is 34.5 Å². The second kappa shape index (κ2) is 20.8. The molecule has 0 saturated heterocycles. The van der Waals surface area contributed by atoms with E-state index in [4.69, 9.17) is 42.1 Å². The molecular formula is C40H34Cl2F4N6O8S4. The summed E-state index contributed by atoms with van der Waals surface area (Å²) in [7, 11) is -6.14. The van der Waals surface area contributed by atoms with E-state index in [1.807, 2.05) is 4.72 Å². The van der Waals surface area contributed by atoms with Crippen LogP contribution < -0.4 is 28.0 Å². The van der Waals surface area contributed by atoms with Crippen LogP contribution in [0.3, 0.4) is 0 Å². The number of nitrogens with one attached hydrogen (secondary N) is 1. The van der Waals surface area contributed by atoms with Crippen molar-refractivity contribution in [2.75, 3.05) is 23.2 Å². The number of halogens is 6. The fourth-order valence-electron chi connectivity index (χ4n) is 5.53. The van der Waals surface area contributed by atoms with E-state index in [1.165, 1.54) is 26.4 Å². The highest BCUT2D eigenvalue weighted by Crippen LogP contribution is 2.36. The Morgan fingerprint density at radius 2 is 1.19 bits per heavy atom. The molecule has 0 bridgehead atoms. The number of anilines is 2. The molecule has 0 atom stereocenters. The van der Waals surface area contributed by atoms with Crippen LogP contribution in [0, 0.1) is 37.1 Å². The van der Waals surface area contributed by atoms with Crippen molar-refractivity contribution in [2.24, 2.45) is 0 Å². The number of aromatic nitrogens is 4. The molecule has 5 aromatic carbocycles. The lowest BCUT2D eigenvalue weighted by Crippen LogP contribution is -2.31. The lowest BCUT2D eigenvalue weighted by molar-refractivity contribution is 0.391. The number of hydrogen-bond donors (Lipinski definition) is 1. The topological polar surface area (TPSA) is 172 Å².